The molecule has 0 N–H and O–H groups in total. The second-order valence-electron chi connectivity index (χ2n) is 13.2. The highest BCUT2D eigenvalue weighted by Gasteiger charge is 2.18. The molecule has 7 aromatic carbocycles. The van der Waals surface area contributed by atoms with Crippen LogP contribution in [-0.2, 0) is 0 Å². The van der Waals surface area contributed by atoms with Crippen molar-refractivity contribution in [1.82, 2.24) is 19.9 Å². The molecule has 0 aliphatic heterocycles. The molecule has 9 rings (SSSR count). The predicted molar refractivity (Wildman–Crippen MR) is 215 cm³/mol. The maximum Gasteiger partial charge on any atom is 0.164 e. The molecule has 0 amide bonds. The fraction of sp³-hybridized carbons (Fsp3) is 0.0417. The van der Waals surface area contributed by atoms with E-state index in [1.165, 1.54) is 21.5 Å². The zero-order valence-electron chi connectivity index (χ0n) is 29.0. The van der Waals surface area contributed by atoms with Gasteiger partial charge in [0.2, 0.25) is 0 Å². The Morgan fingerprint density at radius 2 is 0.846 bits per heavy atom. The number of hydrogen-bond donors (Lipinski definition) is 0. The molecule has 2 aromatic heterocycles. The summed E-state index contributed by atoms with van der Waals surface area (Å²) in [5.74, 6) is 1.86. The second-order valence-corrected chi connectivity index (χ2v) is 13.2. The highest BCUT2D eigenvalue weighted by molar-refractivity contribution is 6.14. The van der Waals surface area contributed by atoms with Crippen molar-refractivity contribution in [2.45, 2.75) is 13.8 Å². The molecule has 246 valence electrons. The molecule has 2 heterocycles. The average molecular weight is 667 g/mol. The Morgan fingerprint density at radius 1 is 0.308 bits per heavy atom. The van der Waals surface area contributed by atoms with E-state index in [9.17, 15) is 0 Å². The van der Waals surface area contributed by atoms with Crippen molar-refractivity contribution >= 4 is 21.5 Å². The molecule has 0 aliphatic carbocycles. The SMILES string of the molecule is Cc1ccc(-c2cc(-c3nc(-c4ccccc4)nc(-c4ccccc4-c4ccccc4)n3)cc(-c3cc4ccccc4c4ccccc34)c2)c(C)n1. The largest absolute Gasteiger partial charge is 0.258 e. The Balaban J connectivity index is 1.33. The van der Waals surface area contributed by atoms with Gasteiger partial charge >= 0.3 is 0 Å². The van der Waals surface area contributed by atoms with Crippen molar-refractivity contribution in [3.63, 3.8) is 0 Å². The van der Waals surface area contributed by atoms with Crippen LogP contribution in [0.1, 0.15) is 11.4 Å². The van der Waals surface area contributed by atoms with E-state index in [4.69, 9.17) is 19.9 Å². The summed E-state index contributed by atoms with van der Waals surface area (Å²) in [5.41, 5.74) is 11.3. The highest BCUT2D eigenvalue weighted by atomic mass is 15.0. The first-order chi connectivity index (χ1) is 25.6. The van der Waals surface area contributed by atoms with Crippen LogP contribution in [0, 0.1) is 13.8 Å². The van der Waals surface area contributed by atoms with Gasteiger partial charge < -0.3 is 0 Å². The van der Waals surface area contributed by atoms with Crippen LogP contribution in [0.4, 0.5) is 0 Å². The van der Waals surface area contributed by atoms with Crippen LogP contribution in [0.25, 0.3) is 89.1 Å². The molecule has 0 atom stereocenters. The van der Waals surface area contributed by atoms with Crippen LogP contribution in [0.2, 0.25) is 0 Å². The molecular formula is C48H34N4. The Labute approximate surface area is 303 Å². The Hall–Kier alpha value is -6.78. The van der Waals surface area contributed by atoms with Crippen LogP contribution in [0.5, 0.6) is 0 Å². The average Bonchev–Trinajstić information content (AvgIpc) is 3.21. The van der Waals surface area contributed by atoms with Gasteiger partial charge in [-0.05, 0) is 93.5 Å². The van der Waals surface area contributed by atoms with Crippen molar-refractivity contribution in [1.29, 1.82) is 0 Å². The molecule has 0 saturated carbocycles. The molecule has 0 aliphatic rings. The smallest absolute Gasteiger partial charge is 0.164 e. The van der Waals surface area contributed by atoms with E-state index >= 15 is 0 Å². The number of hydrogen-bond acceptors (Lipinski definition) is 4. The highest BCUT2D eigenvalue weighted by Crippen LogP contribution is 2.40. The summed E-state index contributed by atoms with van der Waals surface area (Å²) in [6.07, 6.45) is 0. The first-order valence-electron chi connectivity index (χ1n) is 17.6. The maximum atomic E-state index is 5.27. The first-order valence-corrected chi connectivity index (χ1v) is 17.6. The molecule has 0 saturated heterocycles. The van der Waals surface area contributed by atoms with E-state index in [0.29, 0.717) is 17.5 Å². The molecule has 4 nitrogen and oxygen atoms in total. The van der Waals surface area contributed by atoms with Gasteiger partial charge in [0.1, 0.15) is 0 Å². The number of nitrogens with zero attached hydrogens (tertiary/aromatic N) is 4. The van der Waals surface area contributed by atoms with Gasteiger partial charge in [0.05, 0.1) is 0 Å². The third kappa shape index (κ3) is 5.80. The Morgan fingerprint density at radius 3 is 1.58 bits per heavy atom. The number of pyridine rings is 1. The fourth-order valence-electron chi connectivity index (χ4n) is 7.24. The van der Waals surface area contributed by atoms with Gasteiger partial charge in [0.25, 0.3) is 0 Å². The first kappa shape index (κ1) is 31.2. The summed E-state index contributed by atoms with van der Waals surface area (Å²) in [6.45, 7) is 4.11. The van der Waals surface area contributed by atoms with Crippen molar-refractivity contribution < 1.29 is 0 Å². The quantitative estimate of drug-likeness (QED) is 0.166. The Bertz CT molecular complexity index is 2750. The monoisotopic (exact) mass is 666 g/mol. The fourth-order valence-corrected chi connectivity index (χ4v) is 7.24. The minimum Gasteiger partial charge on any atom is -0.258 e. The van der Waals surface area contributed by atoms with Crippen LogP contribution >= 0.6 is 0 Å². The lowest BCUT2D eigenvalue weighted by Gasteiger charge is -2.16. The van der Waals surface area contributed by atoms with Crippen LogP contribution in [0.3, 0.4) is 0 Å². The Kier molecular flexibility index (Phi) is 7.90. The molecule has 0 radical (unpaired) electrons. The van der Waals surface area contributed by atoms with Crippen LogP contribution in [0.15, 0.2) is 170 Å². The van der Waals surface area contributed by atoms with Gasteiger partial charge in [-0.25, -0.2) is 15.0 Å². The van der Waals surface area contributed by atoms with E-state index in [1.807, 2.05) is 37.3 Å². The topological polar surface area (TPSA) is 51.6 Å². The van der Waals surface area contributed by atoms with Crippen molar-refractivity contribution in [2.24, 2.45) is 0 Å². The molecule has 0 unspecified atom stereocenters. The molecule has 0 fully saturated rings. The van der Waals surface area contributed by atoms with Crippen LogP contribution < -0.4 is 0 Å². The molecule has 4 heteroatoms. The molecule has 0 bridgehead atoms. The summed E-state index contributed by atoms with van der Waals surface area (Å²) in [4.78, 5) is 20.4. The number of rotatable bonds is 6. The lowest BCUT2D eigenvalue weighted by Crippen LogP contribution is -2.01. The van der Waals surface area contributed by atoms with Crippen molar-refractivity contribution in [2.75, 3.05) is 0 Å². The lowest BCUT2D eigenvalue weighted by molar-refractivity contribution is 1.07. The summed E-state index contributed by atoms with van der Waals surface area (Å²) < 4.78 is 0. The third-order valence-corrected chi connectivity index (χ3v) is 9.73. The van der Waals surface area contributed by atoms with Gasteiger partial charge in [0.15, 0.2) is 17.5 Å². The lowest BCUT2D eigenvalue weighted by atomic mass is 9.90. The molecule has 0 spiro atoms. The van der Waals surface area contributed by atoms with Gasteiger partial charge in [-0.3, -0.25) is 4.98 Å². The van der Waals surface area contributed by atoms with Gasteiger partial charge in [-0.2, -0.15) is 0 Å². The summed E-state index contributed by atoms with van der Waals surface area (Å²) in [5, 5.41) is 4.86. The maximum absolute atomic E-state index is 5.27. The number of benzene rings is 7. The minimum absolute atomic E-state index is 0.609. The van der Waals surface area contributed by atoms with E-state index in [2.05, 4.69) is 146 Å². The minimum atomic E-state index is 0.609. The number of aromatic nitrogens is 4. The molecule has 52 heavy (non-hydrogen) atoms. The molecule has 9 aromatic rings. The van der Waals surface area contributed by atoms with E-state index in [-0.39, 0.29) is 0 Å². The normalized spacial score (nSPS) is 11.3. The van der Waals surface area contributed by atoms with E-state index in [1.54, 1.807) is 0 Å². The third-order valence-electron chi connectivity index (χ3n) is 9.73. The zero-order valence-corrected chi connectivity index (χ0v) is 29.0. The van der Waals surface area contributed by atoms with Gasteiger partial charge in [-0.15, -0.1) is 0 Å². The van der Waals surface area contributed by atoms with Crippen molar-refractivity contribution in [3.05, 3.63) is 181 Å². The zero-order chi connectivity index (χ0) is 35.0. The summed E-state index contributed by atoms with van der Waals surface area (Å²) >= 11 is 0. The standard InChI is InChI=1S/C48H34N4/c1-31-25-26-39(32(2)49-31)36-27-37(45-30-35-19-9-10-21-41(35)42-22-12-13-23-43(42)45)29-38(28-36)47-50-46(34-17-7-4-8-18-34)51-48(52-47)44-24-14-11-20-40(44)33-15-5-3-6-16-33/h3-30H,1-2H3. The number of fused-ring (bicyclic) bond motifs is 3. The predicted octanol–water partition coefficient (Wildman–Crippen LogP) is 12.2. The van der Waals surface area contributed by atoms with Crippen molar-refractivity contribution in [3.8, 4) is 67.5 Å². The van der Waals surface area contributed by atoms with Gasteiger partial charge in [0, 0.05) is 33.6 Å². The van der Waals surface area contributed by atoms with Gasteiger partial charge in [-0.1, -0.05) is 140 Å². The summed E-state index contributed by atoms with van der Waals surface area (Å²) in [6, 6.07) is 59.5. The molecular weight excluding hydrogens is 633 g/mol. The van der Waals surface area contributed by atoms with E-state index < -0.39 is 0 Å². The van der Waals surface area contributed by atoms with Crippen LogP contribution in [-0.4, -0.2) is 19.9 Å². The second kappa shape index (κ2) is 13.2. The number of aryl methyl sites for hydroxylation is 2. The summed E-state index contributed by atoms with van der Waals surface area (Å²) in [7, 11) is 0. The van der Waals surface area contributed by atoms with E-state index in [0.717, 1.165) is 61.5 Å².